The van der Waals surface area contributed by atoms with Crippen molar-refractivity contribution in [2.75, 3.05) is 9.80 Å². The fraction of sp³-hybridized carbons (Fsp3) is 0.114. The Morgan fingerprint density at radius 2 is 1.72 bits per heavy atom. The summed E-state index contributed by atoms with van der Waals surface area (Å²) in [4.78, 5) is 46.6. The van der Waals surface area contributed by atoms with Gasteiger partial charge in [0, 0.05) is 11.3 Å². The van der Waals surface area contributed by atoms with E-state index in [4.69, 9.17) is 4.42 Å². The summed E-state index contributed by atoms with van der Waals surface area (Å²) in [7, 11) is 0. The quantitative estimate of drug-likeness (QED) is 0.140. The molecule has 4 aromatic carbocycles. The Balaban J connectivity index is 1.33. The number of carbonyl (C=O) groups excluding carboxylic acids is 2. The molecule has 0 radical (unpaired) electrons. The molecular formula is C35H22F2N4O4S2. The molecule has 2 aromatic heterocycles. The Morgan fingerprint density at radius 3 is 2.55 bits per heavy atom. The predicted octanol–water partition coefficient (Wildman–Crippen LogP) is 6.97. The molecule has 232 valence electrons. The third-order valence-electron chi connectivity index (χ3n) is 8.41. The van der Waals surface area contributed by atoms with Crippen molar-refractivity contribution in [3.05, 3.63) is 146 Å². The largest absolute Gasteiger partial charge is 0.450 e. The van der Waals surface area contributed by atoms with Crippen LogP contribution in [0, 0.1) is 18.6 Å². The van der Waals surface area contributed by atoms with Crippen LogP contribution in [0.4, 0.5) is 19.6 Å². The molecule has 0 fully saturated rings. The van der Waals surface area contributed by atoms with Gasteiger partial charge in [0.2, 0.25) is 10.9 Å². The fourth-order valence-corrected chi connectivity index (χ4v) is 8.27. The van der Waals surface area contributed by atoms with E-state index in [1.165, 1.54) is 28.8 Å². The topological polar surface area (TPSA) is 96.6 Å². The van der Waals surface area contributed by atoms with E-state index in [9.17, 15) is 18.4 Å². The lowest BCUT2D eigenvalue weighted by Gasteiger charge is -2.32. The number of amides is 2. The molecule has 0 saturated carbocycles. The molecule has 47 heavy (non-hydrogen) atoms. The number of para-hydroxylation sites is 1. The zero-order valence-electron chi connectivity index (χ0n) is 24.6. The Labute approximate surface area is 274 Å². The molecular weight excluding hydrogens is 643 g/mol. The van der Waals surface area contributed by atoms with Gasteiger partial charge in [-0.05, 0) is 48.4 Å². The van der Waals surface area contributed by atoms with Crippen LogP contribution >= 0.6 is 23.1 Å². The highest BCUT2D eigenvalue weighted by molar-refractivity contribution is 8.00. The molecule has 12 heteroatoms. The molecule has 2 aliphatic rings. The molecule has 0 bridgehead atoms. The van der Waals surface area contributed by atoms with Crippen molar-refractivity contribution < 1.29 is 22.8 Å². The van der Waals surface area contributed by atoms with Crippen LogP contribution in [0.3, 0.4) is 0 Å². The summed E-state index contributed by atoms with van der Waals surface area (Å²) in [5.74, 6) is -2.42. The summed E-state index contributed by atoms with van der Waals surface area (Å²) < 4.78 is 35.2. The number of aryl methyl sites for hydroxylation is 1. The van der Waals surface area contributed by atoms with Crippen LogP contribution in [0.1, 0.15) is 38.4 Å². The highest BCUT2D eigenvalue weighted by Gasteiger charge is 2.66. The zero-order chi connectivity index (χ0) is 32.4. The van der Waals surface area contributed by atoms with Gasteiger partial charge in [0.15, 0.2) is 15.3 Å². The molecule has 8 rings (SSSR count). The summed E-state index contributed by atoms with van der Waals surface area (Å²) in [6, 6.07) is 24.5. The molecule has 0 aliphatic carbocycles. The standard InChI is InChI=1S/C35H22F2N4O4S2/c1-19-7-6-8-20(15-19)17-40-26-12-5-3-10-24(26)35(32(40)44)28-29(42)23-16-22(36)13-14-27(23)45-30(28)31(43)41(35)33-38-39-34(47-33)46-18-21-9-2-4-11-25(21)37/h2-16H,17-18H2,1H3. The molecule has 0 saturated heterocycles. The first kappa shape index (κ1) is 29.2. The minimum absolute atomic E-state index is 0.00856. The third-order valence-corrected chi connectivity index (χ3v) is 10.5. The van der Waals surface area contributed by atoms with Crippen molar-refractivity contribution in [1.82, 2.24) is 10.2 Å². The predicted molar refractivity (Wildman–Crippen MR) is 175 cm³/mol. The number of aromatic nitrogens is 2. The molecule has 1 spiro atoms. The normalized spacial score (nSPS) is 16.8. The van der Waals surface area contributed by atoms with Crippen LogP contribution in [0.15, 0.2) is 105 Å². The highest BCUT2D eigenvalue weighted by Crippen LogP contribution is 2.55. The molecule has 2 amide bonds. The number of hydrogen-bond donors (Lipinski definition) is 0. The molecule has 2 aliphatic heterocycles. The maximum absolute atomic E-state index is 15.1. The Hall–Kier alpha value is -5.20. The Kier molecular flexibility index (Phi) is 6.81. The van der Waals surface area contributed by atoms with Gasteiger partial charge in [-0.25, -0.2) is 8.78 Å². The van der Waals surface area contributed by atoms with Gasteiger partial charge in [0.05, 0.1) is 23.2 Å². The molecule has 1 atom stereocenters. The van der Waals surface area contributed by atoms with Crippen molar-refractivity contribution in [1.29, 1.82) is 0 Å². The van der Waals surface area contributed by atoms with Crippen molar-refractivity contribution in [2.45, 2.75) is 29.1 Å². The van der Waals surface area contributed by atoms with E-state index in [1.807, 2.05) is 31.2 Å². The van der Waals surface area contributed by atoms with E-state index < -0.39 is 28.6 Å². The second-order valence-electron chi connectivity index (χ2n) is 11.3. The van der Waals surface area contributed by atoms with Gasteiger partial charge in [-0.1, -0.05) is 89.3 Å². The van der Waals surface area contributed by atoms with Crippen LogP contribution in [0.25, 0.3) is 11.0 Å². The highest BCUT2D eigenvalue weighted by atomic mass is 32.2. The van der Waals surface area contributed by atoms with E-state index in [0.717, 1.165) is 34.6 Å². The SMILES string of the molecule is Cc1cccc(CN2C(=O)C3(c4ccccc42)c2c(oc4ccc(F)cc4c2=O)C(=O)N3c2nnc(SCc3ccccc3F)s2)c1. The van der Waals surface area contributed by atoms with E-state index >= 15 is 4.79 Å². The van der Waals surface area contributed by atoms with Crippen molar-refractivity contribution in [3.63, 3.8) is 0 Å². The lowest BCUT2D eigenvalue weighted by atomic mass is 9.84. The number of halogens is 2. The van der Waals surface area contributed by atoms with Crippen molar-refractivity contribution in [3.8, 4) is 0 Å². The first-order valence-corrected chi connectivity index (χ1v) is 16.4. The maximum Gasteiger partial charge on any atom is 0.297 e. The van der Waals surface area contributed by atoms with Gasteiger partial charge in [0.25, 0.3) is 11.8 Å². The molecule has 8 nitrogen and oxygen atoms in total. The van der Waals surface area contributed by atoms with Crippen LogP contribution in [-0.2, 0) is 22.6 Å². The molecule has 4 heterocycles. The summed E-state index contributed by atoms with van der Waals surface area (Å²) in [5.41, 5.74) is 0.285. The number of fused-ring (bicyclic) bond motifs is 5. The summed E-state index contributed by atoms with van der Waals surface area (Å²) in [5, 5.41) is 8.52. The Bertz CT molecular complexity index is 2340. The summed E-state index contributed by atoms with van der Waals surface area (Å²) in [6.07, 6.45) is 0. The average molecular weight is 665 g/mol. The first-order valence-electron chi connectivity index (χ1n) is 14.6. The van der Waals surface area contributed by atoms with Crippen LogP contribution < -0.4 is 15.2 Å². The van der Waals surface area contributed by atoms with Crippen LogP contribution in [0.5, 0.6) is 0 Å². The summed E-state index contributed by atoms with van der Waals surface area (Å²) in [6.45, 7) is 2.11. The average Bonchev–Trinajstić information content (AvgIpc) is 3.70. The van der Waals surface area contributed by atoms with Gasteiger partial charge in [0.1, 0.15) is 17.2 Å². The van der Waals surface area contributed by atoms with Gasteiger partial charge in [-0.3, -0.25) is 19.3 Å². The fourth-order valence-electron chi connectivity index (χ4n) is 6.39. The molecule has 1 unspecified atom stereocenters. The van der Waals surface area contributed by atoms with Gasteiger partial charge in [-0.15, -0.1) is 10.2 Å². The van der Waals surface area contributed by atoms with Crippen LogP contribution in [-0.4, -0.2) is 22.0 Å². The molecule has 6 aromatic rings. The van der Waals surface area contributed by atoms with E-state index in [1.54, 1.807) is 47.4 Å². The first-order chi connectivity index (χ1) is 22.8. The number of benzene rings is 4. The van der Waals surface area contributed by atoms with Gasteiger partial charge < -0.3 is 9.32 Å². The maximum atomic E-state index is 15.1. The minimum Gasteiger partial charge on any atom is -0.450 e. The Morgan fingerprint density at radius 1 is 0.915 bits per heavy atom. The van der Waals surface area contributed by atoms with Crippen molar-refractivity contribution in [2.24, 2.45) is 0 Å². The number of thioether (sulfide) groups is 1. The summed E-state index contributed by atoms with van der Waals surface area (Å²) >= 11 is 2.26. The number of anilines is 2. The third kappa shape index (κ3) is 4.43. The van der Waals surface area contributed by atoms with E-state index in [-0.39, 0.29) is 45.5 Å². The lowest BCUT2D eigenvalue weighted by molar-refractivity contribution is -0.121. The second kappa shape index (κ2) is 11.0. The number of nitrogens with zero attached hydrogens (tertiary/aromatic N) is 4. The second-order valence-corrected chi connectivity index (χ2v) is 13.4. The smallest absolute Gasteiger partial charge is 0.297 e. The van der Waals surface area contributed by atoms with Gasteiger partial charge in [-0.2, -0.15) is 0 Å². The van der Waals surface area contributed by atoms with E-state index in [2.05, 4.69) is 10.2 Å². The van der Waals surface area contributed by atoms with E-state index in [0.29, 0.717) is 21.2 Å². The minimum atomic E-state index is -2.01. The van der Waals surface area contributed by atoms with Gasteiger partial charge >= 0.3 is 0 Å². The number of carbonyl (C=O) groups is 2. The number of rotatable bonds is 6. The lowest BCUT2D eigenvalue weighted by Crippen LogP contribution is -2.53. The molecule has 0 N–H and O–H groups in total. The zero-order valence-corrected chi connectivity index (χ0v) is 26.2. The van der Waals surface area contributed by atoms with Crippen LogP contribution in [0.2, 0.25) is 0 Å². The van der Waals surface area contributed by atoms with Crippen molar-refractivity contribution >= 4 is 56.7 Å². The number of hydrogen-bond acceptors (Lipinski definition) is 8. The monoisotopic (exact) mass is 664 g/mol.